The van der Waals surface area contributed by atoms with E-state index in [1.807, 2.05) is 25.5 Å². The van der Waals surface area contributed by atoms with E-state index in [0.717, 1.165) is 31.5 Å². The summed E-state index contributed by atoms with van der Waals surface area (Å²) < 4.78 is 35.0. The van der Waals surface area contributed by atoms with Crippen LogP contribution >= 0.6 is 11.8 Å². The number of methoxy groups -OCH3 is 1. The molecule has 1 aliphatic heterocycles. The lowest BCUT2D eigenvalue weighted by Gasteiger charge is -2.21. The maximum absolute atomic E-state index is 13.1. The van der Waals surface area contributed by atoms with Gasteiger partial charge in [-0.2, -0.15) is 4.31 Å². The van der Waals surface area contributed by atoms with Crippen molar-refractivity contribution in [2.24, 2.45) is 7.05 Å². The summed E-state index contributed by atoms with van der Waals surface area (Å²) in [5, 5.41) is 11.7. The summed E-state index contributed by atoms with van der Waals surface area (Å²) in [6.07, 6.45) is 3.79. The van der Waals surface area contributed by atoms with Gasteiger partial charge in [-0.25, -0.2) is 8.42 Å². The molecule has 0 aliphatic carbocycles. The Balaban J connectivity index is 1.73. The van der Waals surface area contributed by atoms with Crippen LogP contribution in [0.2, 0.25) is 0 Å². The number of carbonyl (C=O) groups excluding carboxylic acids is 1. The molecule has 2 aromatic rings. The lowest BCUT2D eigenvalue weighted by Crippen LogP contribution is -2.32. The Morgan fingerprint density at radius 3 is 2.47 bits per heavy atom. The highest BCUT2D eigenvalue weighted by molar-refractivity contribution is 7.99. The molecule has 1 aromatic heterocycles. The zero-order valence-electron chi connectivity index (χ0n) is 19.0. The molecule has 0 atom stereocenters. The number of aromatic nitrogens is 3. The smallest absolute Gasteiger partial charge is 0.243 e. The molecule has 0 spiro atoms. The number of benzene rings is 1. The van der Waals surface area contributed by atoms with E-state index >= 15 is 0 Å². The van der Waals surface area contributed by atoms with E-state index in [1.54, 1.807) is 6.07 Å². The predicted octanol–water partition coefficient (Wildman–Crippen LogP) is 3.24. The van der Waals surface area contributed by atoms with Gasteiger partial charge in [0.05, 0.1) is 23.4 Å². The van der Waals surface area contributed by atoms with Crippen molar-refractivity contribution in [2.75, 3.05) is 31.3 Å². The zero-order valence-corrected chi connectivity index (χ0v) is 20.6. The van der Waals surface area contributed by atoms with Gasteiger partial charge in [0.1, 0.15) is 11.6 Å². The molecule has 1 N–H and O–H groups in total. The summed E-state index contributed by atoms with van der Waals surface area (Å²) >= 11 is 1.27. The third kappa shape index (κ3) is 5.62. The van der Waals surface area contributed by atoms with Crippen LogP contribution in [0.4, 0.5) is 5.69 Å². The highest BCUT2D eigenvalue weighted by atomic mass is 32.2. The van der Waals surface area contributed by atoms with Crippen LogP contribution in [-0.2, 0) is 21.9 Å². The summed E-state index contributed by atoms with van der Waals surface area (Å²) in [6, 6.07) is 4.57. The molecule has 1 fully saturated rings. The third-order valence-electron chi connectivity index (χ3n) is 5.37. The minimum atomic E-state index is -3.64. The number of rotatable bonds is 8. The molecule has 0 saturated carbocycles. The molecule has 1 amide bonds. The topological polar surface area (TPSA) is 106 Å². The summed E-state index contributed by atoms with van der Waals surface area (Å²) in [5.41, 5.74) is 0.329. The molecule has 1 aromatic carbocycles. The molecule has 3 rings (SSSR count). The van der Waals surface area contributed by atoms with Crippen LogP contribution in [0, 0.1) is 0 Å². The molecule has 0 unspecified atom stereocenters. The number of sulfonamides is 1. The number of nitrogens with zero attached hydrogens (tertiary/aromatic N) is 4. The van der Waals surface area contributed by atoms with Gasteiger partial charge in [-0.3, -0.25) is 4.79 Å². The molecule has 2 heterocycles. The minimum absolute atomic E-state index is 0.107. The van der Waals surface area contributed by atoms with Gasteiger partial charge < -0.3 is 14.6 Å². The van der Waals surface area contributed by atoms with Crippen molar-refractivity contribution in [2.45, 2.75) is 55.5 Å². The number of hydrogen-bond donors (Lipinski definition) is 1. The van der Waals surface area contributed by atoms with Crippen molar-refractivity contribution in [1.82, 2.24) is 19.1 Å². The van der Waals surface area contributed by atoms with Crippen LogP contribution in [0.25, 0.3) is 0 Å². The van der Waals surface area contributed by atoms with Crippen LogP contribution < -0.4 is 10.1 Å². The van der Waals surface area contributed by atoms with Crippen molar-refractivity contribution in [3.05, 3.63) is 24.0 Å². The quantitative estimate of drug-likeness (QED) is 0.577. The van der Waals surface area contributed by atoms with Crippen molar-refractivity contribution in [1.29, 1.82) is 0 Å². The predicted molar refractivity (Wildman–Crippen MR) is 125 cm³/mol. The second kappa shape index (κ2) is 10.7. The van der Waals surface area contributed by atoms with Crippen LogP contribution in [0.5, 0.6) is 5.75 Å². The number of hydrogen-bond acceptors (Lipinski definition) is 7. The number of ether oxygens (including phenoxy) is 1. The van der Waals surface area contributed by atoms with Gasteiger partial charge in [-0.1, -0.05) is 38.5 Å². The van der Waals surface area contributed by atoms with Crippen molar-refractivity contribution < 1.29 is 17.9 Å². The van der Waals surface area contributed by atoms with Crippen LogP contribution in [0.1, 0.15) is 51.3 Å². The molecule has 9 nitrogen and oxygen atoms in total. The molecular weight excluding hydrogens is 450 g/mol. The number of anilines is 1. The van der Waals surface area contributed by atoms with Crippen LogP contribution in [0.15, 0.2) is 28.3 Å². The Morgan fingerprint density at radius 2 is 1.88 bits per heavy atom. The number of amides is 1. The monoisotopic (exact) mass is 481 g/mol. The number of nitrogens with one attached hydrogen (secondary N) is 1. The van der Waals surface area contributed by atoms with Crippen molar-refractivity contribution in [3.8, 4) is 5.75 Å². The van der Waals surface area contributed by atoms with E-state index < -0.39 is 10.0 Å². The molecule has 1 saturated heterocycles. The molecular formula is C21H31N5O4S2. The summed E-state index contributed by atoms with van der Waals surface area (Å²) in [4.78, 5) is 12.8. The van der Waals surface area contributed by atoms with E-state index in [2.05, 4.69) is 15.5 Å². The second-order valence-corrected chi connectivity index (χ2v) is 11.0. The molecule has 0 bridgehead atoms. The van der Waals surface area contributed by atoms with E-state index in [-0.39, 0.29) is 22.5 Å². The zero-order chi connectivity index (χ0) is 23.3. The van der Waals surface area contributed by atoms with Gasteiger partial charge in [-0.15, -0.1) is 10.2 Å². The standard InChI is InChI=1S/C21H31N5O4S2/c1-15(2)20-23-24-21(25(20)3)31-14-19(27)22-17-13-16(9-10-18(17)30-4)32(28,29)26-11-7-5-6-8-12-26/h9-10,13,15H,5-8,11-12,14H2,1-4H3,(H,22,27). The fourth-order valence-corrected chi connectivity index (χ4v) is 5.91. The van der Waals surface area contributed by atoms with Gasteiger partial charge in [0.2, 0.25) is 15.9 Å². The second-order valence-electron chi connectivity index (χ2n) is 8.07. The highest BCUT2D eigenvalue weighted by Gasteiger charge is 2.26. The van der Waals surface area contributed by atoms with E-state index in [4.69, 9.17) is 4.74 Å². The summed E-state index contributed by atoms with van der Waals surface area (Å²) in [7, 11) is -0.283. The Hall–Kier alpha value is -2.11. The lowest BCUT2D eigenvalue weighted by molar-refractivity contribution is -0.113. The molecule has 11 heteroatoms. The highest BCUT2D eigenvalue weighted by Crippen LogP contribution is 2.30. The number of thioether (sulfide) groups is 1. The molecule has 0 radical (unpaired) electrons. The maximum atomic E-state index is 13.1. The van der Waals surface area contributed by atoms with E-state index in [0.29, 0.717) is 29.7 Å². The Bertz CT molecular complexity index is 1040. The average Bonchev–Trinajstić information content (AvgIpc) is 2.94. The van der Waals surface area contributed by atoms with Crippen molar-refractivity contribution >= 4 is 33.4 Å². The fourth-order valence-electron chi connectivity index (χ4n) is 3.65. The SMILES string of the molecule is COc1ccc(S(=O)(=O)N2CCCCCC2)cc1NC(=O)CSc1nnc(C(C)C)n1C. The molecule has 176 valence electrons. The fraction of sp³-hybridized carbons (Fsp3) is 0.571. The summed E-state index contributed by atoms with van der Waals surface area (Å²) in [6.45, 7) is 5.10. The minimum Gasteiger partial charge on any atom is -0.495 e. The Morgan fingerprint density at radius 1 is 1.19 bits per heavy atom. The largest absolute Gasteiger partial charge is 0.495 e. The Kier molecular flexibility index (Phi) is 8.18. The van der Waals surface area contributed by atoms with Gasteiger partial charge >= 0.3 is 0 Å². The lowest BCUT2D eigenvalue weighted by atomic mass is 10.2. The molecule has 32 heavy (non-hydrogen) atoms. The van der Waals surface area contributed by atoms with Crippen molar-refractivity contribution in [3.63, 3.8) is 0 Å². The number of carbonyl (C=O) groups is 1. The van der Waals surface area contributed by atoms with Gasteiger partial charge in [0.25, 0.3) is 0 Å². The third-order valence-corrected chi connectivity index (χ3v) is 8.28. The first-order chi connectivity index (χ1) is 15.2. The van der Waals surface area contributed by atoms with Crippen LogP contribution in [0.3, 0.4) is 0 Å². The maximum Gasteiger partial charge on any atom is 0.243 e. The first-order valence-electron chi connectivity index (χ1n) is 10.7. The first kappa shape index (κ1) is 24.5. The van der Waals surface area contributed by atoms with Gasteiger partial charge in [0.15, 0.2) is 5.16 Å². The van der Waals surface area contributed by atoms with E-state index in [9.17, 15) is 13.2 Å². The van der Waals surface area contributed by atoms with Gasteiger partial charge in [0, 0.05) is 26.1 Å². The summed E-state index contributed by atoms with van der Waals surface area (Å²) in [5.74, 6) is 1.30. The van der Waals surface area contributed by atoms with Crippen LogP contribution in [-0.4, -0.2) is 59.3 Å². The Labute approximate surface area is 194 Å². The normalized spacial score (nSPS) is 15.5. The molecule has 1 aliphatic rings. The van der Waals surface area contributed by atoms with E-state index in [1.165, 1.54) is 35.3 Å². The van der Waals surface area contributed by atoms with Gasteiger partial charge in [-0.05, 0) is 31.0 Å². The average molecular weight is 482 g/mol. The first-order valence-corrected chi connectivity index (χ1v) is 13.2.